The molecule has 0 unspecified atom stereocenters. The molecule has 2 N–H and O–H groups in total. The fourth-order valence-electron chi connectivity index (χ4n) is 3.85. The molecule has 28 heavy (non-hydrogen) atoms. The van der Waals surface area contributed by atoms with E-state index in [0.717, 1.165) is 40.9 Å². The molecule has 1 saturated heterocycles. The zero-order valence-electron chi connectivity index (χ0n) is 16.0. The van der Waals surface area contributed by atoms with Gasteiger partial charge < -0.3 is 14.8 Å². The van der Waals surface area contributed by atoms with Crippen LogP contribution < -0.4 is 10.3 Å². The van der Waals surface area contributed by atoms with Crippen molar-refractivity contribution in [3.8, 4) is 5.75 Å². The Bertz CT molecular complexity index is 1010. The molecule has 6 nitrogen and oxygen atoms in total. The second-order valence-corrected chi connectivity index (χ2v) is 7.36. The van der Waals surface area contributed by atoms with Crippen LogP contribution in [-0.2, 0) is 12.1 Å². The van der Waals surface area contributed by atoms with E-state index in [1.54, 1.807) is 12.4 Å². The minimum atomic E-state index is -0.840. The number of nitrogens with zero attached hydrogens (tertiary/aromatic N) is 2. The molecule has 0 saturated carbocycles. The van der Waals surface area contributed by atoms with Crippen molar-refractivity contribution in [1.82, 2.24) is 14.9 Å². The molecule has 0 aliphatic carbocycles. The van der Waals surface area contributed by atoms with Crippen LogP contribution in [0.5, 0.6) is 5.75 Å². The summed E-state index contributed by atoms with van der Waals surface area (Å²) in [5.41, 5.74) is 1.49. The second-order valence-electron chi connectivity index (χ2n) is 7.36. The van der Waals surface area contributed by atoms with Gasteiger partial charge in [0.25, 0.3) is 5.56 Å². The van der Waals surface area contributed by atoms with E-state index in [4.69, 9.17) is 4.74 Å². The molecule has 0 amide bonds. The van der Waals surface area contributed by atoms with Crippen LogP contribution in [0.2, 0.25) is 0 Å². The average Bonchev–Trinajstić information content (AvgIpc) is 2.71. The summed E-state index contributed by atoms with van der Waals surface area (Å²) in [6, 6.07) is 11.4. The van der Waals surface area contributed by atoms with Crippen molar-refractivity contribution in [3.63, 3.8) is 0 Å². The average molecular weight is 379 g/mol. The van der Waals surface area contributed by atoms with Crippen LogP contribution in [0.3, 0.4) is 0 Å². The predicted octanol–water partition coefficient (Wildman–Crippen LogP) is 2.81. The number of piperidine rings is 1. The number of H-pyrrole nitrogens is 1. The number of hydrogen-bond acceptors (Lipinski definition) is 5. The van der Waals surface area contributed by atoms with Crippen molar-refractivity contribution in [2.24, 2.45) is 0 Å². The van der Waals surface area contributed by atoms with Crippen LogP contribution in [-0.4, -0.2) is 39.7 Å². The van der Waals surface area contributed by atoms with Crippen LogP contribution in [0.1, 0.15) is 30.9 Å². The van der Waals surface area contributed by atoms with Gasteiger partial charge in [-0.25, -0.2) is 0 Å². The highest BCUT2D eigenvalue weighted by atomic mass is 16.5. The summed E-state index contributed by atoms with van der Waals surface area (Å²) in [6.07, 6.45) is 4.70. The summed E-state index contributed by atoms with van der Waals surface area (Å²) >= 11 is 0. The number of nitrogens with one attached hydrogen (secondary N) is 1. The number of fused-ring (bicyclic) bond motifs is 1. The van der Waals surface area contributed by atoms with Gasteiger partial charge in [0.2, 0.25) is 0 Å². The van der Waals surface area contributed by atoms with Gasteiger partial charge in [-0.3, -0.25) is 14.7 Å². The van der Waals surface area contributed by atoms with Crippen LogP contribution in [0, 0.1) is 0 Å². The molecule has 4 rings (SSSR count). The summed E-state index contributed by atoms with van der Waals surface area (Å²) in [5.74, 6) is 0.799. The van der Waals surface area contributed by atoms with Crippen LogP contribution in [0.25, 0.3) is 10.9 Å². The first-order valence-corrected chi connectivity index (χ1v) is 9.71. The molecule has 0 atom stereocenters. The summed E-state index contributed by atoms with van der Waals surface area (Å²) in [7, 11) is 0. The normalized spacial score (nSPS) is 16.9. The molecule has 6 heteroatoms. The SMILES string of the molecule is CCOc1ccc2[nH]c(=O)c(CN3CCC(O)(c4cccnc4)CC3)cc2c1. The Kier molecular flexibility index (Phi) is 5.15. The van der Waals surface area contributed by atoms with E-state index >= 15 is 0 Å². The minimum Gasteiger partial charge on any atom is -0.494 e. The summed E-state index contributed by atoms with van der Waals surface area (Å²) in [5, 5.41) is 11.9. The quantitative estimate of drug-likeness (QED) is 0.713. The van der Waals surface area contributed by atoms with Gasteiger partial charge in [0, 0.05) is 54.1 Å². The van der Waals surface area contributed by atoms with Gasteiger partial charge in [0.1, 0.15) is 5.75 Å². The number of hydrogen-bond donors (Lipinski definition) is 2. The Morgan fingerprint density at radius 2 is 2.07 bits per heavy atom. The number of likely N-dealkylation sites (tertiary alicyclic amines) is 1. The van der Waals surface area contributed by atoms with Gasteiger partial charge in [-0.15, -0.1) is 0 Å². The number of ether oxygens (including phenoxy) is 1. The third-order valence-corrected chi connectivity index (χ3v) is 5.48. The van der Waals surface area contributed by atoms with Crippen molar-refractivity contribution in [3.05, 3.63) is 70.3 Å². The lowest BCUT2D eigenvalue weighted by molar-refractivity contribution is -0.0280. The molecule has 3 aromatic rings. The molecule has 146 valence electrons. The lowest BCUT2D eigenvalue weighted by atomic mass is 9.85. The molecule has 1 aliphatic rings. The standard InChI is InChI=1S/C22H25N3O3/c1-2-28-19-5-6-20-16(13-19)12-17(21(26)24-20)15-25-10-7-22(27,8-11-25)18-4-3-9-23-14-18/h3-6,9,12-14,27H,2,7-8,10-11,15H2,1H3,(H,24,26). The first-order valence-electron chi connectivity index (χ1n) is 9.71. The maximum absolute atomic E-state index is 12.5. The van der Waals surface area contributed by atoms with E-state index in [1.165, 1.54) is 0 Å². The molecule has 0 bridgehead atoms. The highest BCUT2D eigenvalue weighted by Crippen LogP contribution is 2.32. The van der Waals surface area contributed by atoms with Crippen LogP contribution in [0.4, 0.5) is 0 Å². The fraction of sp³-hybridized carbons (Fsp3) is 0.364. The van der Waals surface area contributed by atoms with Gasteiger partial charge in [-0.2, -0.15) is 0 Å². The van der Waals surface area contributed by atoms with Crippen molar-refractivity contribution in [2.45, 2.75) is 31.9 Å². The molecular weight excluding hydrogens is 354 g/mol. The summed E-state index contributed by atoms with van der Waals surface area (Å²) in [4.78, 5) is 21.8. The number of benzene rings is 1. The van der Waals surface area contributed by atoms with Crippen LogP contribution in [0.15, 0.2) is 53.6 Å². The van der Waals surface area contributed by atoms with Crippen molar-refractivity contribution in [2.75, 3.05) is 19.7 Å². The zero-order chi connectivity index (χ0) is 19.6. The number of pyridine rings is 2. The third kappa shape index (κ3) is 3.79. The Morgan fingerprint density at radius 1 is 1.25 bits per heavy atom. The van der Waals surface area contributed by atoms with Gasteiger partial charge in [0.15, 0.2) is 0 Å². The topological polar surface area (TPSA) is 78.5 Å². The monoisotopic (exact) mass is 379 g/mol. The number of aromatic nitrogens is 2. The number of aliphatic hydroxyl groups is 1. The van der Waals surface area contributed by atoms with E-state index in [2.05, 4.69) is 14.9 Å². The smallest absolute Gasteiger partial charge is 0.252 e. The van der Waals surface area contributed by atoms with Gasteiger partial charge in [0.05, 0.1) is 12.2 Å². The molecule has 3 heterocycles. The summed E-state index contributed by atoms with van der Waals surface area (Å²) < 4.78 is 5.56. The minimum absolute atomic E-state index is 0.0650. The van der Waals surface area contributed by atoms with Gasteiger partial charge in [-0.05, 0) is 50.1 Å². The highest BCUT2D eigenvalue weighted by molar-refractivity contribution is 5.80. The maximum Gasteiger partial charge on any atom is 0.252 e. The van der Waals surface area contributed by atoms with E-state index in [-0.39, 0.29) is 5.56 Å². The van der Waals surface area contributed by atoms with Crippen LogP contribution >= 0.6 is 0 Å². The molecular formula is C22H25N3O3. The Labute approximate surface area is 163 Å². The Hall–Kier alpha value is -2.70. The van der Waals surface area contributed by atoms with Gasteiger partial charge in [-0.1, -0.05) is 6.07 Å². The first kappa shape index (κ1) is 18.7. The molecule has 0 radical (unpaired) electrons. The zero-order valence-corrected chi connectivity index (χ0v) is 16.0. The number of aromatic amines is 1. The first-order chi connectivity index (χ1) is 13.6. The highest BCUT2D eigenvalue weighted by Gasteiger charge is 2.34. The third-order valence-electron chi connectivity index (χ3n) is 5.48. The van der Waals surface area contributed by atoms with Crippen molar-refractivity contribution in [1.29, 1.82) is 0 Å². The Balaban J connectivity index is 1.49. The number of rotatable bonds is 5. The largest absolute Gasteiger partial charge is 0.494 e. The summed E-state index contributed by atoms with van der Waals surface area (Å²) in [6.45, 7) is 4.57. The van der Waals surface area contributed by atoms with Gasteiger partial charge >= 0.3 is 0 Å². The van der Waals surface area contributed by atoms with E-state index in [1.807, 2.05) is 43.3 Å². The molecule has 1 aliphatic heterocycles. The lowest BCUT2D eigenvalue weighted by Crippen LogP contribution is -2.42. The van der Waals surface area contributed by atoms with E-state index in [9.17, 15) is 9.90 Å². The molecule has 2 aromatic heterocycles. The fourth-order valence-corrected chi connectivity index (χ4v) is 3.85. The van der Waals surface area contributed by atoms with Crippen molar-refractivity contribution < 1.29 is 9.84 Å². The molecule has 1 fully saturated rings. The predicted molar refractivity (Wildman–Crippen MR) is 108 cm³/mol. The Morgan fingerprint density at radius 3 is 2.79 bits per heavy atom. The van der Waals surface area contributed by atoms with E-state index < -0.39 is 5.60 Å². The second kappa shape index (κ2) is 7.73. The molecule has 1 aromatic carbocycles. The van der Waals surface area contributed by atoms with Crippen molar-refractivity contribution >= 4 is 10.9 Å². The molecule has 0 spiro atoms. The van der Waals surface area contributed by atoms with E-state index in [0.29, 0.717) is 26.0 Å². The maximum atomic E-state index is 12.5. The lowest BCUT2D eigenvalue weighted by Gasteiger charge is -2.38.